The molecule has 23 heavy (non-hydrogen) atoms. The van der Waals surface area contributed by atoms with Crippen molar-refractivity contribution in [2.24, 2.45) is 0 Å². The van der Waals surface area contributed by atoms with Crippen LogP contribution in [0.3, 0.4) is 0 Å². The maximum absolute atomic E-state index is 13.9. The normalized spacial score (nSPS) is 10.7. The van der Waals surface area contributed by atoms with Crippen molar-refractivity contribution >= 4 is 23.3 Å². The van der Waals surface area contributed by atoms with E-state index in [9.17, 15) is 14.0 Å². The van der Waals surface area contributed by atoms with E-state index < -0.39 is 5.82 Å². The molecule has 0 radical (unpaired) electrons. The predicted octanol–water partition coefficient (Wildman–Crippen LogP) is 3.90. The van der Waals surface area contributed by atoms with E-state index >= 15 is 0 Å². The van der Waals surface area contributed by atoms with Crippen LogP contribution in [-0.4, -0.2) is 28.6 Å². The number of carbonyl (C=O) groups is 2. The van der Waals surface area contributed by atoms with Crippen molar-refractivity contribution in [2.75, 3.05) is 7.05 Å². The molecule has 1 aromatic carbocycles. The van der Waals surface area contributed by atoms with E-state index in [0.717, 1.165) is 0 Å². The molecule has 2 rings (SSSR count). The third-order valence-corrected chi connectivity index (χ3v) is 4.16. The van der Waals surface area contributed by atoms with Gasteiger partial charge in [0.2, 0.25) is 0 Å². The van der Waals surface area contributed by atoms with Crippen LogP contribution in [0, 0.1) is 19.7 Å². The number of carbonyl (C=O) groups excluding carboxylic acids is 2. The Balaban J connectivity index is 2.31. The second-order valence-corrected chi connectivity index (χ2v) is 5.95. The van der Waals surface area contributed by atoms with Gasteiger partial charge in [0.25, 0.3) is 5.91 Å². The number of hydrogen-bond donors (Lipinski definition) is 1. The topological polar surface area (TPSA) is 53.2 Å². The van der Waals surface area contributed by atoms with E-state index in [0.29, 0.717) is 22.5 Å². The molecule has 1 aromatic heterocycles. The van der Waals surface area contributed by atoms with Gasteiger partial charge >= 0.3 is 0 Å². The number of aromatic nitrogens is 1. The number of benzene rings is 1. The molecule has 0 aliphatic heterocycles. The van der Waals surface area contributed by atoms with Gasteiger partial charge < -0.3 is 9.88 Å². The first-order chi connectivity index (χ1) is 10.7. The molecule has 0 aliphatic carbocycles. The van der Waals surface area contributed by atoms with E-state index in [4.69, 9.17) is 11.6 Å². The number of ketones is 1. The minimum Gasteiger partial charge on any atom is -0.354 e. The number of H-pyrrole nitrogens is 1. The first-order valence-corrected chi connectivity index (χ1v) is 7.50. The summed E-state index contributed by atoms with van der Waals surface area (Å²) < 4.78 is 13.9. The lowest BCUT2D eigenvalue weighted by Gasteiger charge is -2.18. The zero-order valence-electron chi connectivity index (χ0n) is 13.5. The number of Topliss-reactive ketones (excluding diaryl/α,β-unsaturated/α-hetero) is 1. The van der Waals surface area contributed by atoms with E-state index in [-0.39, 0.29) is 28.8 Å². The maximum Gasteiger partial charge on any atom is 0.270 e. The van der Waals surface area contributed by atoms with Crippen molar-refractivity contribution in [2.45, 2.75) is 27.3 Å². The summed E-state index contributed by atoms with van der Waals surface area (Å²) in [4.78, 5) is 28.6. The number of aryl methyl sites for hydroxylation is 1. The van der Waals surface area contributed by atoms with Crippen LogP contribution in [-0.2, 0) is 6.54 Å². The molecule has 0 bridgehead atoms. The highest BCUT2D eigenvalue weighted by Crippen LogP contribution is 2.23. The average Bonchev–Trinajstić information content (AvgIpc) is 2.77. The lowest BCUT2D eigenvalue weighted by atomic mass is 10.1. The third-order valence-electron chi connectivity index (χ3n) is 3.81. The molecule has 1 N–H and O–H groups in total. The van der Waals surface area contributed by atoms with Gasteiger partial charge in [0.05, 0.1) is 6.54 Å². The summed E-state index contributed by atoms with van der Waals surface area (Å²) >= 11 is 6.00. The summed E-state index contributed by atoms with van der Waals surface area (Å²) in [5.74, 6) is -0.881. The molecule has 0 saturated carbocycles. The summed E-state index contributed by atoms with van der Waals surface area (Å²) in [5.41, 5.74) is 2.37. The second kappa shape index (κ2) is 6.54. The molecular weight excluding hydrogens is 319 g/mol. The Labute approximate surface area is 139 Å². The first-order valence-electron chi connectivity index (χ1n) is 7.12. The zero-order valence-corrected chi connectivity index (χ0v) is 14.2. The summed E-state index contributed by atoms with van der Waals surface area (Å²) in [5, 5.41) is 0.272. The van der Waals surface area contributed by atoms with Gasteiger partial charge in [0.15, 0.2) is 5.78 Å². The molecule has 0 fully saturated rings. The highest BCUT2D eigenvalue weighted by Gasteiger charge is 2.23. The van der Waals surface area contributed by atoms with Crippen LogP contribution in [0.15, 0.2) is 18.2 Å². The second-order valence-electron chi connectivity index (χ2n) is 5.54. The predicted molar refractivity (Wildman–Crippen MR) is 87.5 cm³/mol. The Bertz CT molecular complexity index is 763. The average molecular weight is 337 g/mol. The van der Waals surface area contributed by atoms with E-state index in [1.807, 2.05) is 0 Å². The van der Waals surface area contributed by atoms with Crippen LogP contribution < -0.4 is 0 Å². The smallest absolute Gasteiger partial charge is 0.270 e. The Kier molecular flexibility index (Phi) is 4.90. The fraction of sp³-hybridized carbons (Fsp3) is 0.294. The quantitative estimate of drug-likeness (QED) is 0.861. The molecule has 0 unspecified atom stereocenters. The summed E-state index contributed by atoms with van der Waals surface area (Å²) in [6, 6.07) is 4.40. The minimum atomic E-state index is -0.457. The highest BCUT2D eigenvalue weighted by molar-refractivity contribution is 6.31. The molecule has 0 atom stereocenters. The van der Waals surface area contributed by atoms with Gasteiger partial charge in [0.1, 0.15) is 11.5 Å². The summed E-state index contributed by atoms with van der Waals surface area (Å²) in [6.45, 7) is 4.96. The molecule has 0 aliphatic rings. The zero-order chi connectivity index (χ0) is 17.3. The molecule has 4 nitrogen and oxygen atoms in total. The number of aromatic amines is 1. The van der Waals surface area contributed by atoms with Crippen molar-refractivity contribution < 1.29 is 14.0 Å². The van der Waals surface area contributed by atoms with Gasteiger partial charge in [-0.3, -0.25) is 9.59 Å². The van der Waals surface area contributed by atoms with Gasteiger partial charge in [-0.2, -0.15) is 0 Å². The van der Waals surface area contributed by atoms with Gasteiger partial charge in [-0.1, -0.05) is 17.7 Å². The fourth-order valence-corrected chi connectivity index (χ4v) is 2.90. The summed E-state index contributed by atoms with van der Waals surface area (Å²) in [7, 11) is 1.56. The Hall–Kier alpha value is -2.14. The maximum atomic E-state index is 13.9. The number of amides is 1. The lowest BCUT2D eigenvalue weighted by molar-refractivity contribution is 0.0778. The molecule has 122 valence electrons. The number of hydrogen-bond acceptors (Lipinski definition) is 2. The molecule has 1 amide bonds. The fourth-order valence-electron chi connectivity index (χ4n) is 2.68. The van der Waals surface area contributed by atoms with Gasteiger partial charge in [-0.15, -0.1) is 0 Å². The van der Waals surface area contributed by atoms with Crippen LogP contribution in [0.1, 0.15) is 44.6 Å². The van der Waals surface area contributed by atoms with Crippen molar-refractivity contribution in [1.29, 1.82) is 0 Å². The largest absolute Gasteiger partial charge is 0.354 e. The van der Waals surface area contributed by atoms with Gasteiger partial charge in [0, 0.05) is 28.9 Å². The Morgan fingerprint density at radius 3 is 2.48 bits per heavy atom. The number of rotatable bonds is 4. The molecular formula is C17H18ClFN2O2. The summed E-state index contributed by atoms with van der Waals surface area (Å²) in [6.07, 6.45) is 0. The standard InChI is InChI=1S/C17H18ClFN2O2/c1-9-15(11(3)22)10(2)20-16(9)17(23)21(4)8-12-13(18)6-5-7-14(12)19/h5-7,20H,8H2,1-4H3. The Morgan fingerprint density at radius 2 is 1.96 bits per heavy atom. The SMILES string of the molecule is CC(=O)c1c(C)[nH]c(C(=O)N(C)Cc2c(F)cccc2Cl)c1C. The molecule has 2 aromatic rings. The van der Waals surface area contributed by atoms with Gasteiger partial charge in [-0.05, 0) is 38.5 Å². The monoisotopic (exact) mass is 336 g/mol. The minimum absolute atomic E-state index is 0.0389. The number of nitrogens with zero attached hydrogens (tertiary/aromatic N) is 1. The first kappa shape index (κ1) is 17.2. The molecule has 6 heteroatoms. The van der Waals surface area contributed by atoms with E-state index in [1.165, 1.54) is 24.0 Å². The van der Waals surface area contributed by atoms with E-state index in [1.54, 1.807) is 27.0 Å². The Morgan fingerprint density at radius 1 is 1.30 bits per heavy atom. The van der Waals surface area contributed by atoms with Crippen LogP contribution in [0.25, 0.3) is 0 Å². The van der Waals surface area contributed by atoms with Crippen LogP contribution in [0.2, 0.25) is 5.02 Å². The number of nitrogens with one attached hydrogen (secondary N) is 1. The highest BCUT2D eigenvalue weighted by atomic mass is 35.5. The van der Waals surface area contributed by atoms with Crippen LogP contribution in [0.4, 0.5) is 4.39 Å². The van der Waals surface area contributed by atoms with Crippen molar-refractivity contribution in [3.63, 3.8) is 0 Å². The third kappa shape index (κ3) is 3.29. The van der Waals surface area contributed by atoms with Crippen molar-refractivity contribution in [1.82, 2.24) is 9.88 Å². The van der Waals surface area contributed by atoms with Crippen molar-refractivity contribution in [3.05, 3.63) is 57.1 Å². The molecule has 0 saturated heterocycles. The lowest BCUT2D eigenvalue weighted by Crippen LogP contribution is -2.27. The van der Waals surface area contributed by atoms with Crippen molar-refractivity contribution in [3.8, 4) is 0 Å². The van der Waals surface area contributed by atoms with Gasteiger partial charge in [-0.25, -0.2) is 4.39 Å². The number of halogens is 2. The molecule has 1 heterocycles. The van der Waals surface area contributed by atoms with Crippen LogP contribution >= 0.6 is 11.6 Å². The van der Waals surface area contributed by atoms with E-state index in [2.05, 4.69) is 4.98 Å². The molecule has 0 spiro atoms. The van der Waals surface area contributed by atoms with Crippen LogP contribution in [0.5, 0.6) is 0 Å².